The van der Waals surface area contributed by atoms with Gasteiger partial charge in [-0.15, -0.1) is 0 Å². The van der Waals surface area contributed by atoms with E-state index in [1.807, 2.05) is 19.1 Å². The minimum Gasteiger partial charge on any atom is -0.497 e. The molecule has 2 aromatic rings. The number of alkyl halides is 2. The Balaban J connectivity index is 1.37. The van der Waals surface area contributed by atoms with E-state index in [1.54, 1.807) is 45.0 Å². The van der Waals surface area contributed by atoms with Gasteiger partial charge in [0.1, 0.15) is 29.5 Å². The number of halogens is 2. The molecule has 18 heteroatoms. The van der Waals surface area contributed by atoms with Crippen molar-refractivity contribution >= 4 is 44.6 Å². The summed E-state index contributed by atoms with van der Waals surface area (Å²) < 4.78 is 79.3. The molecule has 2 saturated carbocycles. The third-order valence-corrected chi connectivity index (χ3v) is 14.6. The van der Waals surface area contributed by atoms with Gasteiger partial charge in [0.15, 0.2) is 5.60 Å². The highest BCUT2D eigenvalue weighted by atomic mass is 32.2. The Labute approximate surface area is 349 Å². The quantitative estimate of drug-likeness (QED) is 0.245. The van der Waals surface area contributed by atoms with E-state index in [1.165, 1.54) is 12.0 Å². The number of ether oxygens (including phenoxy) is 4. The Kier molecular flexibility index (Phi) is 12.4. The van der Waals surface area contributed by atoms with Gasteiger partial charge in [-0.2, -0.15) is 4.98 Å². The Bertz CT molecular complexity index is 2140. The number of benzene rings is 1. The van der Waals surface area contributed by atoms with Crippen LogP contribution in [0.5, 0.6) is 17.5 Å². The summed E-state index contributed by atoms with van der Waals surface area (Å²) in [6.45, 7) is 9.97. The second-order valence-corrected chi connectivity index (χ2v) is 19.9. The largest absolute Gasteiger partial charge is 0.497 e. The van der Waals surface area contributed by atoms with Gasteiger partial charge in [-0.1, -0.05) is 26.0 Å². The number of aromatic nitrogens is 1. The number of rotatable bonds is 11. The van der Waals surface area contributed by atoms with Gasteiger partial charge in [0.05, 0.1) is 25.0 Å². The van der Waals surface area contributed by atoms with Crippen molar-refractivity contribution in [3.05, 3.63) is 36.4 Å². The summed E-state index contributed by atoms with van der Waals surface area (Å²) in [6, 6.07) is 4.38. The highest BCUT2D eigenvalue weighted by molar-refractivity contribution is 7.91. The van der Waals surface area contributed by atoms with E-state index >= 15 is 0 Å². The van der Waals surface area contributed by atoms with Gasteiger partial charge < -0.3 is 34.5 Å². The first kappa shape index (κ1) is 44.8. The molecule has 0 bridgehead atoms. The maximum Gasteiger partial charge on any atom is 0.408 e. The number of nitrogens with zero attached hydrogens (tertiary/aromatic N) is 2. The van der Waals surface area contributed by atoms with Gasteiger partial charge in [-0.3, -0.25) is 19.1 Å². The van der Waals surface area contributed by atoms with E-state index in [-0.39, 0.29) is 37.1 Å². The number of fused-ring (bicyclic) bond motifs is 3. The summed E-state index contributed by atoms with van der Waals surface area (Å²) in [7, 11) is -2.53. The predicted molar refractivity (Wildman–Crippen MR) is 217 cm³/mol. The molecule has 60 heavy (non-hydrogen) atoms. The summed E-state index contributed by atoms with van der Waals surface area (Å²) in [5.74, 6) is -5.83. The number of sulfonamides is 1. The van der Waals surface area contributed by atoms with Crippen LogP contribution in [0.1, 0.15) is 93.4 Å². The van der Waals surface area contributed by atoms with Crippen LogP contribution in [0, 0.1) is 17.8 Å². The van der Waals surface area contributed by atoms with E-state index in [4.69, 9.17) is 18.9 Å². The van der Waals surface area contributed by atoms with Crippen molar-refractivity contribution in [1.29, 1.82) is 0 Å². The highest BCUT2D eigenvalue weighted by Gasteiger charge is 2.63. The Morgan fingerprint density at radius 3 is 2.47 bits per heavy atom. The molecule has 4 aliphatic rings. The maximum atomic E-state index is 14.9. The van der Waals surface area contributed by atoms with Crippen LogP contribution in [0.2, 0.25) is 0 Å². The Hall–Kier alpha value is -4.74. The molecule has 1 aromatic carbocycles. The van der Waals surface area contributed by atoms with Crippen molar-refractivity contribution in [3.8, 4) is 17.5 Å². The second-order valence-electron chi connectivity index (χ2n) is 17.7. The number of nitrogens with one attached hydrogen (secondary N) is 3. The average molecular weight is 862 g/mol. The number of methoxy groups -OCH3 is 1. The molecule has 1 saturated heterocycles. The molecule has 2 aliphatic heterocycles. The molecule has 0 radical (unpaired) electrons. The van der Waals surface area contributed by atoms with Gasteiger partial charge in [-0.25, -0.2) is 22.0 Å². The lowest BCUT2D eigenvalue weighted by Crippen LogP contribution is -2.59. The van der Waals surface area contributed by atoms with Gasteiger partial charge in [-0.05, 0) is 102 Å². The number of carbonyl (C=O) groups excluding carboxylic acids is 4. The fourth-order valence-corrected chi connectivity index (χ4v) is 9.16. The SMILES string of the molecule is CCOc1cc2cc(OC)ccc2c(O[C@@H]2C[C@H]3C(=O)N[C@]4(C(=O)NS(=O)(=O)C5(C)CC5)C[C@H]4C=CCC[C@@H](C)C[C@@H](C)[C@H](NC(=O)OC(C)(C)C(C)(F)F)C(=O)N3C2)n1. The molecule has 4 amide bonds. The zero-order valence-corrected chi connectivity index (χ0v) is 36.2. The van der Waals surface area contributed by atoms with Gasteiger partial charge >= 0.3 is 6.09 Å². The third-order valence-electron chi connectivity index (χ3n) is 12.5. The number of pyridine rings is 1. The molecule has 0 unspecified atom stereocenters. The molecule has 3 fully saturated rings. The van der Waals surface area contributed by atoms with Crippen LogP contribution < -0.4 is 29.6 Å². The van der Waals surface area contributed by atoms with E-state index < -0.39 is 85.7 Å². The summed E-state index contributed by atoms with van der Waals surface area (Å²) in [6.07, 6.45) is 4.07. The summed E-state index contributed by atoms with van der Waals surface area (Å²) in [5.41, 5.74) is -3.85. The van der Waals surface area contributed by atoms with E-state index in [0.717, 1.165) is 13.8 Å². The lowest BCUT2D eigenvalue weighted by Gasteiger charge is -2.35. The van der Waals surface area contributed by atoms with E-state index in [9.17, 15) is 36.4 Å². The molecule has 1 aromatic heterocycles. The smallest absolute Gasteiger partial charge is 0.408 e. The van der Waals surface area contributed by atoms with Crippen LogP contribution in [0.3, 0.4) is 0 Å². The van der Waals surface area contributed by atoms with Crippen LogP contribution in [-0.2, 0) is 29.1 Å². The molecule has 0 spiro atoms. The van der Waals surface area contributed by atoms with Crippen molar-refractivity contribution in [1.82, 2.24) is 25.2 Å². The van der Waals surface area contributed by atoms with Crippen LogP contribution >= 0.6 is 0 Å². The number of hydrogen-bond acceptors (Lipinski definition) is 11. The monoisotopic (exact) mass is 861 g/mol. The molecule has 2 aliphatic carbocycles. The lowest BCUT2D eigenvalue weighted by molar-refractivity contribution is -0.152. The Morgan fingerprint density at radius 1 is 1.10 bits per heavy atom. The van der Waals surface area contributed by atoms with E-state index in [0.29, 0.717) is 62.2 Å². The van der Waals surface area contributed by atoms with Crippen molar-refractivity contribution in [2.75, 3.05) is 20.3 Å². The van der Waals surface area contributed by atoms with Crippen LogP contribution in [0.4, 0.5) is 13.6 Å². The lowest BCUT2D eigenvalue weighted by atomic mass is 9.88. The highest BCUT2D eigenvalue weighted by Crippen LogP contribution is 2.48. The van der Waals surface area contributed by atoms with Crippen LogP contribution in [-0.4, -0.2) is 102 Å². The summed E-state index contributed by atoms with van der Waals surface area (Å²) in [4.78, 5) is 62.7. The number of carbonyl (C=O) groups is 4. The normalized spacial score (nSPS) is 28.3. The molecular weight excluding hydrogens is 805 g/mol. The van der Waals surface area contributed by atoms with Crippen LogP contribution in [0.15, 0.2) is 36.4 Å². The summed E-state index contributed by atoms with van der Waals surface area (Å²) in [5, 5.41) is 6.67. The van der Waals surface area contributed by atoms with Gasteiger partial charge in [0.25, 0.3) is 11.8 Å². The molecule has 6 rings (SSSR count). The Morgan fingerprint density at radius 2 is 1.82 bits per heavy atom. The molecule has 15 nitrogen and oxygen atoms in total. The minimum atomic E-state index is -4.07. The number of alkyl carbamates (subject to hydrolysis) is 1. The minimum absolute atomic E-state index is 0.0109. The van der Waals surface area contributed by atoms with Crippen molar-refractivity contribution < 1.29 is 55.3 Å². The molecule has 3 N–H and O–H groups in total. The fraction of sp³-hybridized carbons (Fsp3) is 0.643. The first-order valence-electron chi connectivity index (χ1n) is 20.5. The summed E-state index contributed by atoms with van der Waals surface area (Å²) >= 11 is 0. The number of amides is 4. The average Bonchev–Trinajstić information content (AvgIpc) is 4.04. The topological polar surface area (TPSA) is 192 Å². The fourth-order valence-electron chi connectivity index (χ4n) is 7.85. The predicted octanol–water partition coefficient (Wildman–Crippen LogP) is 5.40. The van der Waals surface area contributed by atoms with Crippen LogP contribution in [0.25, 0.3) is 10.8 Å². The molecule has 7 atom stereocenters. The molecule has 3 heterocycles. The van der Waals surface area contributed by atoms with Crippen molar-refractivity contribution in [3.63, 3.8) is 0 Å². The molecular formula is C42H57F2N5O10S. The first-order chi connectivity index (χ1) is 28.0. The third kappa shape index (κ3) is 9.27. The zero-order chi connectivity index (χ0) is 44.0. The van der Waals surface area contributed by atoms with Crippen molar-refractivity contribution in [2.45, 2.75) is 133 Å². The first-order valence-corrected chi connectivity index (χ1v) is 22.0. The second kappa shape index (κ2) is 16.6. The standard InChI is InChI=1S/C42H57F2N5O10S/c1-9-57-32-20-26-19-28(56-8)14-15-30(26)35(45-32)58-29-21-31-34(50)47-42(37(52)48-60(54,55)40(6)16-17-40)22-27(42)13-11-10-12-24(2)18-25(3)33(36(51)49(31)23-29)46-38(53)59-39(4,5)41(7,43)44/h11,13-15,19-20,24-25,27,29,31,33H,9-10,12,16-18,21-23H2,1-8H3,(H,46,53)(H,47,50)(H,48,52)/t24-,25-,27-,29-,31+,33+,42-/m1/s1. The number of hydrogen-bond donors (Lipinski definition) is 3. The van der Waals surface area contributed by atoms with E-state index in [2.05, 4.69) is 20.3 Å². The van der Waals surface area contributed by atoms with Gasteiger partial charge in [0.2, 0.25) is 33.6 Å². The number of allylic oxidation sites excluding steroid dienone is 1. The van der Waals surface area contributed by atoms with Crippen molar-refractivity contribution in [2.24, 2.45) is 17.8 Å². The maximum absolute atomic E-state index is 14.9. The zero-order valence-electron chi connectivity index (χ0n) is 35.4. The van der Waals surface area contributed by atoms with Gasteiger partial charge in [0, 0.05) is 30.7 Å². The molecule has 330 valence electrons.